The SMILES string of the molecule is COc1cc(-c2ccnc3[nH]nc(C4CCNCC4)c23)ccc1O. The first-order valence-electron chi connectivity index (χ1n) is 8.19. The zero-order chi connectivity index (χ0) is 16.5. The van der Waals surface area contributed by atoms with Crippen LogP contribution >= 0.6 is 0 Å². The zero-order valence-corrected chi connectivity index (χ0v) is 13.5. The molecule has 24 heavy (non-hydrogen) atoms. The minimum atomic E-state index is 0.136. The Morgan fingerprint density at radius 1 is 1.21 bits per heavy atom. The molecule has 3 N–H and O–H groups in total. The number of phenolic OH excluding ortho intramolecular Hbond substituents is 1. The highest BCUT2D eigenvalue weighted by molar-refractivity contribution is 5.95. The van der Waals surface area contributed by atoms with Crippen LogP contribution < -0.4 is 10.1 Å². The second-order valence-electron chi connectivity index (χ2n) is 6.10. The molecule has 0 radical (unpaired) electrons. The van der Waals surface area contributed by atoms with E-state index < -0.39 is 0 Å². The van der Waals surface area contributed by atoms with Crippen molar-refractivity contribution in [2.75, 3.05) is 20.2 Å². The molecular weight excluding hydrogens is 304 g/mol. The van der Waals surface area contributed by atoms with Crippen molar-refractivity contribution in [3.63, 3.8) is 0 Å². The molecule has 124 valence electrons. The van der Waals surface area contributed by atoms with Crippen LogP contribution in [0.5, 0.6) is 11.5 Å². The molecule has 6 nitrogen and oxygen atoms in total. The number of nitrogens with zero attached hydrogens (tertiary/aromatic N) is 2. The summed E-state index contributed by atoms with van der Waals surface area (Å²) in [5.41, 5.74) is 3.92. The van der Waals surface area contributed by atoms with Crippen molar-refractivity contribution in [3.8, 4) is 22.6 Å². The molecule has 0 unspecified atom stereocenters. The highest BCUT2D eigenvalue weighted by Gasteiger charge is 2.23. The van der Waals surface area contributed by atoms with Gasteiger partial charge in [-0.25, -0.2) is 4.98 Å². The summed E-state index contributed by atoms with van der Waals surface area (Å²) in [7, 11) is 1.55. The number of H-pyrrole nitrogens is 1. The van der Waals surface area contributed by atoms with Crippen LogP contribution in [0.4, 0.5) is 0 Å². The van der Waals surface area contributed by atoms with Gasteiger partial charge in [-0.2, -0.15) is 5.10 Å². The number of aromatic amines is 1. The predicted molar refractivity (Wildman–Crippen MR) is 92.4 cm³/mol. The van der Waals surface area contributed by atoms with Crippen LogP contribution in [-0.4, -0.2) is 40.5 Å². The van der Waals surface area contributed by atoms with E-state index in [1.165, 1.54) is 0 Å². The van der Waals surface area contributed by atoms with Gasteiger partial charge in [-0.05, 0) is 55.3 Å². The molecule has 0 atom stereocenters. The molecule has 2 aromatic heterocycles. The molecule has 0 amide bonds. The van der Waals surface area contributed by atoms with Gasteiger partial charge in [0.15, 0.2) is 17.1 Å². The topological polar surface area (TPSA) is 83.1 Å². The number of hydrogen-bond acceptors (Lipinski definition) is 5. The lowest BCUT2D eigenvalue weighted by Gasteiger charge is -2.21. The average Bonchev–Trinajstić information content (AvgIpc) is 3.07. The van der Waals surface area contributed by atoms with E-state index in [9.17, 15) is 5.11 Å². The van der Waals surface area contributed by atoms with Crippen LogP contribution in [0.3, 0.4) is 0 Å². The number of hydrogen-bond donors (Lipinski definition) is 3. The molecule has 1 aliphatic heterocycles. The summed E-state index contributed by atoms with van der Waals surface area (Å²) in [6.07, 6.45) is 3.93. The second-order valence-corrected chi connectivity index (χ2v) is 6.10. The van der Waals surface area contributed by atoms with Gasteiger partial charge < -0.3 is 15.2 Å². The third kappa shape index (κ3) is 2.49. The lowest BCUT2D eigenvalue weighted by Crippen LogP contribution is -2.26. The molecule has 4 rings (SSSR count). The molecular formula is C18H20N4O2. The Morgan fingerprint density at radius 2 is 2.04 bits per heavy atom. The Morgan fingerprint density at radius 3 is 2.83 bits per heavy atom. The van der Waals surface area contributed by atoms with Crippen LogP contribution in [0.2, 0.25) is 0 Å². The summed E-state index contributed by atoms with van der Waals surface area (Å²) in [4.78, 5) is 4.43. The molecule has 3 heterocycles. The van der Waals surface area contributed by atoms with E-state index in [-0.39, 0.29) is 5.75 Å². The quantitative estimate of drug-likeness (QED) is 0.690. The van der Waals surface area contributed by atoms with Gasteiger partial charge in [0, 0.05) is 12.1 Å². The average molecular weight is 324 g/mol. The van der Waals surface area contributed by atoms with Gasteiger partial charge in [0.25, 0.3) is 0 Å². The molecule has 1 aromatic carbocycles. The largest absolute Gasteiger partial charge is 0.504 e. The van der Waals surface area contributed by atoms with E-state index in [0.717, 1.165) is 53.8 Å². The molecule has 0 bridgehead atoms. The zero-order valence-electron chi connectivity index (χ0n) is 13.5. The van der Waals surface area contributed by atoms with Crippen molar-refractivity contribution in [1.82, 2.24) is 20.5 Å². The van der Waals surface area contributed by atoms with E-state index in [0.29, 0.717) is 11.7 Å². The first kappa shape index (κ1) is 15.0. The third-order valence-corrected chi connectivity index (χ3v) is 4.71. The first-order chi connectivity index (χ1) is 11.8. The Kier molecular flexibility index (Phi) is 3.82. The van der Waals surface area contributed by atoms with Gasteiger partial charge in [-0.15, -0.1) is 0 Å². The molecule has 0 spiro atoms. The van der Waals surface area contributed by atoms with Crippen molar-refractivity contribution < 1.29 is 9.84 Å². The first-order valence-corrected chi connectivity index (χ1v) is 8.19. The van der Waals surface area contributed by atoms with E-state index in [4.69, 9.17) is 4.74 Å². The summed E-state index contributed by atoms with van der Waals surface area (Å²) in [6, 6.07) is 7.40. The van der Waals surface area contributed by atoms with Gasteiger partial charge >= 0.3 is 0 Å². The molecule has 1 aliphatic rings. The lowest BCUT2D eigenvalue weighted by atomic mass is 9.90. The molecule has 6 heteroatoms. The van der Waals surface area contributed by atoms with Crippen LogP contribution in [0, 0.1) is 0 Å². The predicted octanol–water partition coefficient (Wildman–Crippen LogP) is 2.81. The fourth-order valence-electron chi connectivity index (χ4n) is 3.45. The van der Waals surface area contributed by atoms with Crippen molar-refractivity contribution in [2.24, 2.45) is 0 Å². The van der Waals surface area contributed by atoms with E-state index in [1.54, 1.807) is 19.4 Å². The number of phenols is 1. The van der Waals surface area contributed by atoms with E-state index >= 15 is 0 Å². The Labute approximate surface area is 139 Å². The molecule has 1 saturated heterocycles. The fourth-order valence-corrected chi connectivity index (χ4v) is 3.45. The Bertz CT molecular complexity index is 869. The highest BCUT2D eigenvalue weighted by Crippen LogP contribution is 2.38. The number of nitrogens with one attached hydrogen (secondary N) is 2. The Hall–Kier alpha value is -2.60. The summed E-state index contributed by atoms with van der Waals surface area (Å²) in [5.74, 6) is 1.03. The normalized spacial score (nSPS) is 15.7. The molecule has 0 saturated carbocycles. The third-order valence-electron chi connectivity index (χ3n) is 4.71. The standard InChI is InChI=1S/C18H20N4O2/c1-24-15-10-12(2-3-14(15)23)13-6-9-20-18-16(13)17(21-22-18)11-4-7-19-8-5-11/h2-3,6,9-11,19,23H,4-5,7-8H2,1H3,(H,20,21,22). The smallest absolute Gasteiger partial charge is 0.161 e. The number of pyridine rings is 1. The number of benzene rings is 1. The van der Waals surface area contributed by atoms with Crippen molar-refractivity contribution in [1.29, 1.82) is 0 Å². The molecule has 1 fully saturated rings. The van der Waals surface area contributed by atoms with Gasteiger partial charge in [-0.3, -0.25) is 5.10 Å². The summed E-state index contributed by atoms with van der Waals surface area (Å²) in [6.45, 7) is 2.03. The Balaban J connectivity index is 1.87. The van der Waals surface area contributed by atoms with Gasteiger partial charge in [0.05, 0.1) is 18.2 Å². The monoisotopic (exact) mass is 324 g/mol. The maximum atomic E-state index is 9.85. The number of methoxy groups -OCH3 is 1. The van der Waals surface area contributed by atoms with Gasteiger partial charge in [-0.1, -0.05) is 6.07 Å². The summed E-state index contributed by atoms with van der Waals surface area (Å²) in [5, 5.41) is 22.0. The minimum Gasteiger partial charge on any atom is -0.504 e. The van der Waals surface area contributed by atoms with Gasteiger partial charge in [0.1, 0.15) is 0 Å². The number of piperidine rings is 1. The van der Waals surface area contributed by atoms with Crippen molar-refractivity contribution in [3.05, 3.63) is 36.2 Å². The fraction of sp³-hybridized carbons (Fsp3) is 0.333. The number of ether oxygens (including phenoxy) is 1. The van der Waals surface area contributed by atoms with E-state index in [1.807, 2.05) is 18.2 Å². The van der Waals surface area contributed by atoms with E-state index in [2.05, 4.69) is 20.5 Å². The molecule has 3 aromatic rings. The molecule has 0 aliphatic carbocycles. The summed E-state index contributed by atoms with van der Waals surface area (Å²) < 4.78 is 5.25. The maximum absolute atomic E-state index is 9.85. The minimum absolute atomic E-state index is 0.136. The van der Waals surface area contributed by atoms with Crippen LogP contribution in [0.25, 0.3) is 22.2 Å². The maximum Gasteiger partial charge on any atom is 0.161 e. The van der Waals surface area contributed by atoms with Crippen molar-refractivity contribution in [2.45, 2.75) is 18.8 Å². The van der Waals surface area contributed by atoms with Crippen LogP contribution in [0.1, 0.15) is 24.5 Å². The van der Waals surface area contributed by atoms with Crippen molar-refractivity contribution >= 4 is 11.0 Å². The number of fused-ring (bicyclic) bond motifs is 1. The highest BCUT2D eigenvalue weighted by atomic mass is 16.5. The second kappa shape index (κ2) is 6.13. The number of rotatable bonds is 3. The van der Waals surface area contributed by atoms with Gasteiger partial charge in [0.2, 0.25) is 0 Å². The van der Waals surface area contributed by atoms with Crippen LogP contribution in [0.15, 0.2) is 30.5 Å². The lowest BCUT2D eigenvalue weighted by molar-refractivity contribution is 0.373. The number of aromatic hydroxyl groups is 1. The summed E-state index contributed by atoms with van der Waals surface area (Å²) >= 11 is 0. The van der Waals surface area contributed by atoms with Crippen LogP contribution in [-0.2, 0) is 0 Å². The number of aromatic nitrogens is 3.